The Morgan fingerprint density at radius 3 is 2.52 bits per heavy atom. The lowest BCUT2D eigenvalue weighted by molar-refractivity contribution is 0.0782. The number of nitrogens with zero attached hydrogens (tertiary/aromatic N) is 2. The van der Waals surface area contributed by atoms with Gasteiger partial charge in [-0.15, -0.1) is 0 Å². The van der Waals surface area contributed by atoms with E-state index < -0.39 is 0 Å². The number of hydrogen-bond donors (Lipinski definition) is 0. The number of aromatic nitrogens is 1. The maximum Gasteiger partial charge on any atom is 0.254 e. The molecule has 1 aromatic heterocycles. The van der Waals surface area contributed by atoms with Crippen molar-refractivity contribution in [3.05, 3.63) is 95.8 Å². The van der Waals surface area contributed by atoms with E-state index in [-0.39, 0.29) is 5.91 Å². The molecule has 0 radical (unpaired) electrons. The molecule has 0 N–H and O–H groups in total. The molecule has 25 heavy (non-hydrogen) atoms. The summed E-state index contributed by atoms with van der Waals surface area (Å²) in [6.07, 6.45) is 3.50. The van der Waals surface area contributed by atoms with Crippen LogP contribution >= 0.6 is 0 Å². The number of carbonyl (C=O) groups excluding carboxylic acids is 1. The molecular formula is C21H20N2O2. The molecule has 0 fully saturated rings. The molecule has 0 saturated heterocycles. The van der Waals surface area contributed by atoms with Crippen LogP contribution in [0.4, 0.5) is 0 Å². The second-order valence-electron chi connectivity index (χ2n) is 5.78. The van der Waals surface area contributed by atoms with Crippen molar-refractivity contribution in [3.8, 4) is 5.75 Å². The summed E-state index contributed by atoms with van der Waals surface area (Å²) >= 11 is 0. The monoisotopic (exact) mass is 332 g/mol. The number of rotatable bonds is 6. The lowest BCUT2D eigenvalue weighted by Crippen LogP contribution is -2.27. The van der Waals surface area contributed by atoms with Gasteiger partial charge in [-0.3, -0.25) is 9.78 Å². The maximum absolute atomic E-state index is 12.8. The molecular weight excluding hydrogens is 312 g/mol. The summed E-state index contributed by atoms with van der Waals surface area (Å²) in [5.74, 6) is 0.754. The van der Waals surface area contributed by atoms with Gasteiger partial charge in [0.25, 0.3) is 5.91 Å². The van der Waals surface area contributed by atoms with Gasteiger partial charge < -0.3 is 9.64 Å². The minimum atomic E-state index is -0.0314. The summed E-state index contributed by atoms with van der Waals surface area (Å²) in [6.45, 7) is 0.868. The molecule has 126 valence electrons. The van der Waals surface area contributed by atoms with Crippen molar-refractivity contribution < 1.29 is 9.53 Å². The summed E-state index contributed by atoms with van der Waals surface area (Å²) in [5.41, 5.74) is 2.52. The smallest absolute Gasteiger partial charge is 0.254 e. The van der Waals surface area contributed by atoms with Crippen molar-refractivity contribution in [1.29, 1.82) is 0 Å². The highest BCUT2D eigenvalue weighted by Gasteiger charge is 2.16. The van der Waals surface area contributed by atoms with Crippen LogP contribution in [0.1, 0.15) is 21.5 Å². The maximum atomic E-state index is 12.8. The van der Waals surface area contributed by atoms with Gasteiger partial charge in [0.2, 0.25) is 0 Å². The van der Waals surface area contributed by atoms with Crippen molar-refractivity contribution in [1.82, 2.24) is 9.88 Å². The van der Waals surface area contributed by atoms with E-state index in [1.165, 1.54) is 0 Å². The van der Waals surface area contributed by atoms with E-state index in [2.05, 4.69) is 4.98 Å². The summed E-state index contributed by atoms with van der Waals surface area (Å²) in [5, 5.41) is 0. The van der Waals surface area contributed by atoms with Crippen molar-refractivity contribution in [3.63, 3.8) is 0 Å². The predicted molar refractivity (Wildman–Crippen MR) is 97.3 cm³/mol. The third-order valence-corrected chi connectivity index (χ3v) is 3.87. The summed E-state index contributed by atoms with van der Waals surface area (Å²) in [4.78, 5) is 18.6. The lowest BCUT2D eigenvalue weighted by atomic mass is 10.1. The Morgan fingerprint density at radius 1 is 1.00 bits per heavy atom. The SMILES string of the molecule is CN(Cc1cccnc1)C(=O)c1ccccc1COc1ccccc1. The zero-order valence-electron chi connectivity index (χ0n) is 14.1. The first-order valence-electron chi connectivity index (χ1n) is 8.14. The highest BCUT2D eigenvalue weighted by atomic mass is 16.5. The van der Waals surface area contributed by atoms with E-state index in [0.29, 0.717) is 18.7 Å². The molecule has 0 unspecified atom stereocenters. The van der Waals surface area contributed by atoms with Crippen LogP contribution in [-0.2, 0) is 13.2 Å². The molecule has 0 spiro atoms. The summed E-state index contributed by atoms with van der Waals surface area (Å²) in [7, 11) is 1.80. The highest BCUT2D eigenvalue weighted by Crippen LogP contribution is 2.16. The number of hydrogen-bond acceptors (Lipinski definition) is 3. The summed E-state index contributed by atoms with van der Waals surface area (Å²) in [6, 6.07) is 21.0. The van der Waals surface area contributed by atoms with E-state index in [4.69, 9.17) is 4.74 Å². The average Bonchev–Trinajstić information content (AvgIpc) is 2.67. The third kappa shape index (κ3) is 4.44. The Bertz CT molecular complexity index is 820. The number of benzene rings is 2. The molecule has 0 atom stereocenters. The molecule has 4 heteroatoms. The van der Waals surface area contributed by atoms with Gasteiger partial charge in [-0.05, 0) is 29.8 Å². The van der Waals surface area contributed by atoms with Gasteiger partial charge in [0.05, 0.1) is 0 Å². The Hall–Kier alpha value is -3.14. The second-order valence-corrected chi connectivity index (χ2v) is 5.78. The van der Waals surface area contributed by atoms with Crippen LogP contribution in [0.2, 0.25) is 0 Å². The second kappa shape index (κ2) is 8.11. The number of pyridine rings is 1. The number of ether oxygens (including phenoxy) is 1. The molecule has 3 rings (SSSR count). The largest absolute Gasteiger partial charge is 0.489 e. The van der Waals surface area contributed by atoms with Crippen LogP contribution in [-0.4, -0.2) is 22.8 Å². The van der Waals surface area contributed by atoms with E-state index in [1.54, 1.807) is 24.3 Å². The van der Waals surface area contributed by atoms with E-state index in [9.17, 15) is 4.79 Å². The third-order valence-electron chi connectivity index (χ3n) is 3.87. The fourth-order valence-electron chi connectivity index (χ4n) is 2.58. The Balaban J connectivity index is 1.72. The molecule has 3 aromatic rings. The van der Waals surface area contributed by atoms with Crippen molar-refractivity contribution in [2.75, 3.05) is 7.05 Å². The Kier molecular flexibility index (Phi) is 5.42. The van der Waals surface area contributed by atoms with Gasteiger partial charge in [-0.1, -0.05) is 42.5 Å². The van der Waals surface area contributed by atoms with E-state index >= 15 is 0 Å². The average molecular weight is 332 g/mol. The number of para-hydroxylation sites is 1. The fourth-order valence-corrected chi connectivity index (χ4v) is 2.58. The van der Waals surface area contributed by atoms with Crippen LogP contribution in [0.3, 0.4) is 0 Å². The van der Waals surface area contributed by atoms with Crippen molar-refractivity contribution in [2.24, 2.45) is 0 Å². The Labute approximate surface area is 147 Å². The van der Waals surface area contributed by atoms with Crippen LogP contribution in [0, 0.1) is 0 Å². The lowest BCUT2D eigenvalue weighted by Gasteiger charge is -2.19. The first-order valence-corrected chi connectivity index (χ1v) is 8.14. The van der Waals surface area contributed by atoms with Gasteiger partial charge in [0.15, 0.2) is 0 Å². The van der Waals surface area contributed by atoms with Crippen LogP contribution in [0.5, 0.6) is 5.75 Å². The molecule has 1 amide bonds. The molecule has 0 aliphatic heterocycles. The quantitative estimate of drug-likeness (QED) is 0.687. The van der Waals surface area contributed by atoms with Gasteiger partial charge >= 0.3 is 0 Å². The van der Waals surface area contributed by atoms with Gasteiger partial charge in [-0.25, -0.2) is 0 Å². The van der Waals surface area contributed by atoms with Gasteiger partial charge in [0.1, 0.15) is 12.4 Å². The molecule has 0 saturated carbocycles. The first kappa shape index (κ1) is 16.7. The van der Waals surface area contributed by atoms with Crippen molar-refractivity contribution >= 4 is 5.91 Å². The standard InChI is InChI=1S/C21H20N2O2/c1-23(15-17-8-7-13-22-14-17)21(24)20-12-6-5-9-18(20)16-25-19-10-3-2-4-11-19/h2-14H,15-16H2,1H3. The normalized spacial score (nSPS) is 10.3. The first-order chi connectivity index (χ1) is 12.2. The zero-order chi connectivity index (χ0) is 17.5. The minimum absolute atomic E-state index is 0.0314. The van der Waals surface area contributed by atoms with Gasteiger partial charge in [0, 0.05) is 37.1 Å². The molecule has 0 aliphatic carbocycles. The zero-order valence-corrected chi connectivity index (χ0v) is 14.1. The number of amides is 1. The van der Waals surface area contributed by atoms with Crippen LogP contribution < -0.4 is 4.74 Å². The highest BCUT2D eigenvalue weighted by molar-refractivity contribution is 5.95. The minimum Gasteiger partial charge on any atom is -0.489 e. The predicted octanol–water partition coefficient (Wildman–Crippen LogP) is 3.93. The number of carbonyl (C=O) groups is 1. The summed E-state index contributed by atoms with van der Waals surface area (Å²) < 4.78 is 5.80. The fraction of sp³-hybridized carbons (Fsp3) is 0.143. The molecule has 2 aromatic carbocycles. The molecule has 0 aliphatic rings. The van der Waals surface area contributed by atoms with E-state index in [1.807, 2.05) is 66.7 Å². The van der Waals surface area contributed by atoms with E-state index in [0.717, 1.165) is 16.9 Å². The van der Waals surface area contributed by atoms with Crippen LogP contribution in [0.25, 0.3) is 0 Å². The molecule has 4 nitrogen and oxygen atoms in total. The molecule has 0 bridgehead atoms. The topological polar surface area (TPSA) is 42.4 Å². The van der Waals surface area contributed by atoms with Crippen LogP contribution in [0.15, 0.2) is 79.1 Å². The molecule has 1 heterocycles. The Morgan fingerprint density at radius 2 is 1.76 bits per heavy atom. The van der Waals surface area contributed by atoms with Gasteiger partial charge in [-0.2, -0.15) is 0 Å². The van der Waals surface area contributed by atoms with Crippen molar-refractivity contribution in [2.45, 2.75) is 13.2 Å².